The zero-order chi connectivity index (χ0) is 8.48. The fourth-order valence-corrected chi connectivity index (χ4v) is 0.894. The molecule has 0 saturated carbocycles. The molecule has 1 aromatic rings. The summed E-state index contributed by atoms with van der Waals surface area (Å²) in [6.45, 7) is -5.00. The normalized spacial score (nSPS) is 10.7. The fourth-order valence-electron chi connectivity index (χ4n) is 0.651. The molecule has 0 radical (unpaired) electrons. The van der Waals surface area contributed by atoms with Gasteiger partial charge in [-0.2, -0.15) is 0 Å². The second kappa shape index (κ2) is 4.97. The molecule has 0 atom stereocenters. The number of hydrogen-bond donors (Lipinski definition) is 0. The molecule has 1 rings (SSSR count). The summed E-state index contributed by atoms with van der Waals surface area (Å²) in [5.41, 5.74) is -0.790. The topological polar surface area (TPSA) is 12.9 Å². The van der Waals surface area contributed by atoms with Gasteiger partial charge in [0.15, 0.2) is 0 Å². The fraction of sp³-hybridized carbons (Fsp3) is 0. The minimum absolute atomic E-state index is 0. The standard InChI is InChI=1S/C5H3BClF3N.K/c7-5-3-11-2-1-4(5)6(8,9)10;/h1-3H;/q-1;+1. The Hall–Kier alpha value is 0.931. The first-order chi connectivity index (χ1) is 5.02. The summed E-state index contributed by atoms with van der Waals surface area (Å²) in [5.74, 6) is 0. The van der Waals surface area contributed by atoms with Crippen molar-refractivity contribution in [2.24, 2.45) is 0 Å². The van der Waals surface area contributed by atoms with E-state index in [0.717, 1.165) is 18.5 Å². The molecule has 0 amide bonds. The van der Waals surface area contributed by atoms with E-state index in [-0.39, 0.29) is 56.4 Å². The third-order valence-corrected chi connectivity index (χ3v) is 1.47. The Morgan fingerprint density at radius 2 is 1.92 bits per heavy atom. The number of halogens is 4. The third-order valence-electron chi connectivity index (χ3n) is 1.16. The summed E-state index contributed by atoms with van der Waals surface area (Å²) in [6, 6.07) is 0.863. The van der Waals surface area contributed by atoms with Crippen molar-refractivity contribution in [1.82, 2.24) is 4.98 Å². The van der Waals surface area contributed by atoms with E-state index in [2.05, 4.69) is 4.98 Å². The van der Waals surface area contributed by atoms with Crippen LogP contribution in [0.5, 0.6) is 0 Å². The number of aromatic nitrogens is 1. The van der Waals surface area contributed by atoms with E-state index in [1.807, 2.05) is 0 Å². The summed E-state index contributed by atoms with van der Waals surface area (Å²) in [4.78, 5) is 3.44. The van der Waals surface area contributed by atoms with Crippen LogP contribution in [-0.2, 0) is 0 Å². The molecule has 0 saturated heterocycles. The van der Waals surface area contributed by atoms with Gasteiger partial charge < -0.3 is 12.9 Å². The van der Waals surface area contributed by atoms with Crippen molar-refractivity contribution in [2.45, 2.75) is 0 Å². The maximum Gasteiger partial charge on any atom is 1.00 e. The van der Waals surface area contributed by atoms with Crippen molar-refractivity contribution in [3.05, 3.63) is 23.5 Å². The summed E-state index contributed by atoms with van der Waals surface area (Å²) < 4.78 is 36.0. The average molecular weight is 219 g/mol. The van der Waals surface area contributed by atoms with Gasteiger partial charge in [0.05, 0.1) is 0 Å². The zero-order valence-corrected chi connectivity index (χ0v) is 10.1. The van der Waals surface area contributed by atoms with Gasteiger partial charge in [0, 0.05) is 17.4 Å². The monoisotopic (exact) mass is 219 g/mol. The SMILES string of the molecule is F[B-](F)(F)c1ccncc1Cl.[K+]. The maximum absolute atomic E-state index is 12.0. The van der Waals surface area contributed by atoms with Crippen molar-refractivity contribution in [2.75, 3.05) is 0 Å². The second-order valence-electron chi connectivity index (χ2n) is 1.97. The number of rotatable bonds is 1. The van der Waals surface area contributed by atoms with Gasteiger partial charge in [0.25, 0.3) is 0 Å². The van der Waals surface area contributed by atoms with E-state index in [4.69, 9.17) is 11.6 Å². The summed E-state index contributed by atoms with van der Waals surface area (Å²) in [7, 11) is 0. The summed E-state index contributed by atoms with van der Waals surface area (Å²) in [6.07, 6.45) is 2.04. The molecule has 0 spiro atoms. The Labute approximate surface area is 115 Å². The molecule has 1 nitrogen and oxygen atoms in total. The molecule has 12 heavy (non-hydrogen) atoms. The van der Waals surface area contributed by atoms with Gasteiger partial charge in [-0.05, 0) is 0 Å². The smallest absolute Gasteiger partial charge is 0.445 e. The van der Waals surface area contributed by atoms with Gasteiger partial charge in [0.1, 0.15) is 0 Å². The van der Waals surface area contributed by atoms with Gasteiger partial charge in [-0.1, -0.05) is 23.1 Å². The third kappa shape index (κ3) is 3.35. The molecule has 0 unspecified atom stereocenters. The minimum atomic E-state index is -5.00. The second-order valence-corrected chi connectivity index (χ2v) is 2.38. The molecule has 60 valence electrons. The van der Waals surface area contributed by atoms with Crippen LogP contribution in [0.15, 0.2) is 18.5 Å². The van der Waals surface area contributed by atoms with Crippen LogP contribution in [0.4, 0.5) is 12.9 Å². The van der Waals surface area contributed by atoms with Crippen LogP contribution < -0.4 is 56.8 Å². The molecule has 0 N–H and O–H groups in total. The number of hydrogen-bond acceptors (Lipinski definition) is 1. The van der Waals surface area contributed by atoms with E-state index in [0.29, 0.717) is 0 Å². The van der Waals surface area contributed by atoms with Crippen molar-refractivity contribution in [3.8, 4) is 0 Å². The van der Waals surface area contributed by atoms with Gasteiger partial charge >= 0.3 is 58.4 Å². The van der Waals surface area contributed by atoms with Crippen LogP contribution in [0, 0.1) is 0 Å². The van der Waals surface area contributed by atoms with Crippen LogP contribution in [0.1, 0.15) is 0 Å². The first-order valence-electron chi connectivity index (χ1n) is 2.81. The Bertz CT molecular complexity index is 267. The van der Waals surface area contributed by atoms with E-state index < -0.39 is 12.4 Å². The predicted octanol–water partition coefficient (Wildman–Crippen LogP) is -1.21. The van der Waals surface area contributed by atoms with E-state index in [1.54, 1.807) is 0 Å². The van der Waals surface area contributed by atoms with Crippen molar-refractivity contribution >= 4 is 24.0 Å². The molecule has 0 aliphatic rings. The number of pyridine rings is 1. The Morgan fingerprint density at radius 1 is 1.33 bits per heavy atom. The van der Waals surface area contributed by atoms with E-state index in [9.17, 15) is 12.9 Å². The molecular weight excluding hydrogens is 216 g/mol. The Balaban J connectivity index is 0.00000121. The van der Waals surface area contributed by atoms with Crippen LogP contribution in [0.3, 0.4) is 0 Å². The minimum Gasteiger partial charge on any atom is -0.445 e. The maximum atomic E-state index is 12.0. The molecule has 0 fully saturated rings. The molecular formula is C5H3BClF3KN. The number of nitrogens with zero attached hydrogens (tertiary/aromatic N) is 1. The Kier molecular flexibility index (Phi) is 5.36. The van der Waals surface area contributed by atoms with Crippen LogP contribution in [-0.4, -0.2) is 12.0 Å². The van der Waals surface area contributed by atoms with E-state index >= 15 is 0 Å². The van der Waals surface area contributed by atoms with E-state index in [1.165, 1.54) is 0 Å². The van der Waals surface area contributed by atoms with Gasteiger partial charge in [-0.3, -0.25) is 4.98 Å². The van der Waals surface area contributed by atoms with Crippen LogP contribution in [0.2, 0.25) is 5.02 Å². The molecule has 0 aliphatic carbocycles. The summed E-state index contributed by atoms with van der Waals surface area (Å²) in [5, 5.41) is -0.347. The molecule has 1 aromatic heterocycles. The van der Waals surface area contributed by atoms with Crippen LogP contribution in [0.25, 0.3) is 0 Å². The molecule has 1 heterocycles. The average Bonchev–Trinajstić information content (AvgIpc) is 1.86. The molecule has 0 bridgehead atoms. The Morgan fingerprint density at radius 3 is 2.25 bits per heavy atom. The van der Waals surface area contributed by atoms with Gasteiger partial charge in [0.2, 0.25) is 0 Å². The molecule has 0 aromatic carbocycles. The largest absolute Gasteiger partial charge is 1.00 e. The first kappa shape index (κ1) is 12.9. The molecule has 7 heteroatoms. The van der Waals surface area contributed by atoms with Crippen LogP contribution >= 0.6 is 11.6 Å². The van der Waals surface area contributed by atoms with Gasteiger partial charge in [-0.15, -0.1) is 0 Å². The zero-order valence-electron chi connectivity index (χ0n) is 6.27. The van der Waals surface area contributed by atoms with Crippen molar-refractivity contribution in [1.29, 1.82) is 0 Å². The van der Waals surface area contributed by atoms with Crippen molar-refractivity contribution < 1.29 is 64.3 Å². The predicted molar refractivity (Wildman–Crippen MR) is 38.0 cm³/mol. The molecule has 0 aliphatic heterocycles. The summed E-state index contributed by atoms with van der Waals surface area (Å²) >= 11 is 5.24. The quantitative estimate of drug-likeness (QED) is 0.541. The van der Waals surface area contributed by atoms with Gasteiger partial charge in [-0.25, -0.2) is 0 Å². The van der Waals surface area contributed by atoms with Crippen molar-refractivity contribution in [3.63, 3.8) is 0 Å². The first-order valence-corrected chi connectivity index (χ1v) is 3.19.